The van der Waals surface area contributed by atoms with Crippen LogP contribution in [0.2, 0.25) is 0 Å². The fraction of sp³-hybridized carbons (Fsp3) is 0.114. The van der Waals surface area contributed by atoms with Crippen LogP contribution in [-0.2, 0) is 6.42 Å². The number of hydrogen-bond acceptors (Lipinski definition) is 3. The molecule has 0 spiro atoms. The minimum absolute atomic E-state index is 0.277. The number of allylic oxidation sites excluding steroid dienone is 5. The third kappa shape index (κ3) is 5.78. The van der Waals surface area contributed by atoms with Gasteiger partial charge in [-0.1, -0.05) is 127 Å². The van der Waals surface area contributed by atoms with Gasteiger partial charge >= 0.3 is 0 Å². The van der Waals surface area contributed by atoms with Crippen molar-refractivity contribution in [1.82, 2.24) is 0 Å². The van der Waals surface area contributed by atoms with Crippen LogP contribution in [0.3, 0.4) is 0 Å². The lowest BCUT2D eigenvalue weighted by Crippen LogP contribution is -2.06. The van der Waals surface area contributed by atoms with Gasteiger partial charge in [0.25, 0.3) is 0 Å². The Morgan fingerprint density at radius 3 is 2.38 bits per heavy atom. The van der Waals surface area contributed by atoms with Crippen molar-refractivity contribution in [2.24, 2.45) is 4.99 Å². The summed E-state index contributed by atoms with van der Waals surface area (Å²) in [5.41, 5.74) is 19.5. The summed E-state index contributed by atoms with van der Waals surface area (Å²) in [6.07, 6.45) is 16.9. The molecule has 4 heteroatoms. The first-order valence-electron chi connectivity index (χ1n) is 16.7. The second-order valence-corrected chi connectivity index (χ2v) is 12.4. The van der Waals surface area contributed by atoms with Crippen molar-refractivity contribution in [2.75, 3.05) is 11.1 Å². The zero-order chi connectivity index (χ0) is 32.3. The molecule has 0 bridgehead atoms. The second-order valence-electron chi connectivity index (χ2n) is 12.4. The number of hydrogen-bond donors (Lipinski definition) is 2. The average molecular weight is 624 g/mol. The van der Waals surface area contributed by atoms with Crippen molar-refractivity contribution in [2.45, 2.75) is 31.7 Å². The predicted molar refractivity (Wildman–Crippen MR) is 202 cm³/mol. The van der Waals surface area contributed by atoms with Gasteiger partial charge in [-0.05, 0) is 71.7 Å². The van der Waals surface area contributed by atoms with Gasteiger partial charge in [0.05, 0.1) is 6.34 Å². The molecule has 1 atom stereocenters. The number of furan rings is 1. The summed E-state index contributed by atoms with van der Waals surface area (Å²) in [5.74, 6) is 0.964. The van der Waals surface area contributed by atoms with E-state index in [4.69, 9.17) is 15.1 Å². The lowest BCUT2D eigenvalue weighted by molar-refractivity contribution is 0.596. The highest BCUT2D eigenvalue weighted by Gasteiger charge is 2.20. The van der Waals surface area contributed by atoms with Crippen LogP contribution in [-0.4, -0.2) is 6.34 Å². The van der Waals surface area contributed by atoms with Gasteiger partial charge in [0, 0.05) is 39.0 Å². The van der Waals surface area contributed by atoms with Gasteiger partial charge in [0.2, 0.25) is 0 Å². The molecule has 2 aliphatic carbocycles. The molecular weight excluding hydrogens is 587 g/mol. The Balaban J connectivity index is 1.19. The van der Waals surface area contributed by atoms with Crippen molar-refractivity contribution >= 4 is 40.3 Å². The van der Waals surface area contributed by atoms with Gasteiger partial charge in [-0.3, -0.25) is 4.99 Å². The van der Waals surface area contributed by atoms with Crippen LogP contribution < -0.4 is 11.1 Å². The summed E-state index contributed by atoms with van der Waals surface area (Å²) in [4.78, 5) is 5.14. The minimum atomic E-state index is -0.277. The normalized spacial score (nSPS) is 14.6. The largest absolute Gasteiger partial charge is 0.456 e. The van der Waals surface area contributed by atoms with E-state index in [-0.39, 0.29) is 6.04 Å². The number of rotatable bonds is 8. The van der Waals surface area contributed by atoms with Gasteiger partial charge in [-0.15, -0.1) is 0 Å². The quantitative estimate of drug-likeness (QED) is 0.101. The topological polar surface area (TPSA) is 63.5 Å². The smallest absolute Gasteiger partial charge is 0.142 e. The van der Waals surface area contributed by atoms with E-state index in [0.717, 1.165) is 81.8 Å². The molecule has 0 aliphatic heterocycles. The number of aliphatic imine (C=N–C) groups is 1. The van der Waals surface area contributed by atoms with Gasteiger partial charge < -0.3 is 15.5 Å². The number of nitrogens with zero attached hydrogens (tertiary/aromatic N) is 1. The molecule has 5 aromatic carbocycles. The van der Waals surface area contributed by atoms with E-state index in [0.29, 0.717) is 0 Å². The van der Waals surface area contributed by atoms with Crippen LogP contribution in [0.25, 0.3) is 44.9 Å². The van der Waals surface area contributed by atoms with E-state index < -0.39 is 0 Å². The molecule has 3 N–H and O–H groups in total. The molecule has 0 fully saturated rings. The van der Waals surface area contributed by atoms with Crippen LogP contribution in [0.5, 0.6) is 0 Å². The number of aryl methyl sites for hydroxylation is 1. The molecule has 48 heavy (non-hydrogen) atoms. The zero-order valence-electron chi connectivity index (χ0n) is 26.8. The molecule has 234 valence electrons. The molecule has 0 amide bonds. The molecule has 1 unspecified atom stereocenters. The highest BCUT2D eigenvalue weighted by Crippen LogP contribution is 2.41. The first-order chi connectivity index (χ1) is 23.7. The Labute approximate surface area is 281 Å². The van der Waals surface area contributed by atoms with Gasteiger partial charge in [0.15, 0.2) is 0 Å². The van der Waals surface area contributed by atoms with E-state index in [2.05, 4.69) is 127 Å². The average Bonchev–Trinajstić information content (AvgIpc) is 3.54. The third-order valence-corrected chi connectivity index (χ3v) is 9.44. The summed E-state index contributed by atoms with van der Waals surface area (Å²) >= 11 is 0. The van der Waals surface area contributed by atoms with Crippen molar-refractivity contribution in [3.8, 4) is 22.3 Å². The minimum Gasteiger partial charge on any atom is -0.456 e. The van der Waals surface area contributed by atoms with E-state index >= 15 is 0 Å². The van der Waals surface area contributed by atoms with Crippen molar-refractivity contribution < 1.29 is 4.42 Å². The first-order valence-corrected chi connectivity index (χ1v) is 16.7. The molecule has 8 rings (SSSR count). The summed E-state index contributed by atoms with van der Waals surface area (Å²) in [6.45, 7) is 0. The van der Waals surface area contributed by atoms with Crippen molar-refractivity contribution in [3.63, 3.8) is 0 Å². The summed E-state index contributed by atoms with van der Waals surface area (Å²) in [6, 6.07) is 40.0. The number of nitrogens with two attached hydrogens (primary N) is 1. The monoisotopic (exact) mass is 623 g/mol. The van der Waals surface area contributed by atoms with Crippen LogP contribution in [0.15, 0.2) is 149 Å². The maximum absolute atomic E-state index is 6.54. The molecule has 0 saturated carbocycles. The Morgan fingerprint density at radius 2 is 1.54 bits per heavy atom. The van der Waals surface area contributed by atoms with E-state index in [9.17, 15) is 0 Å². The number of anilines is 2. The molecule has 0 radical (unpaired) electrons. The lowest BCUT2D eigenvalue weighted by atomic mass is 9.93. The van der Waals surface area contributed by atoms with Crippen LogP contribution in [0.4, 0.5) is 11.4 Å². The highest BCUT2D eigenvalue weighted by atomic mass is 16.3. The Morgan fingerprint density at radius 1 is 0.729 bits per heavy atom. The van der Waals surface area contributed by atoms with Crippen molar-refractivity contribution in [3.05, 3.63) is 168 Å². The maximum Gasteiger partial charge on any atom is 0.142 e. The first kappa shape index (κ1) is 29.5. The SMILES string of the molecule is Nc1ccccc1C(/N=C/Nc1cc(-c2ccccc2)ccc1-c1cccc2c3c(oc12)C=CCC3)c1ccc(C2=CC=CCC2)cc1. The molecule has 6 aromatic rings. The summed E-state index contributed by atoms with van der Waals surface area (Å²) in [5, 5.41) is 4.78. The highest BCUT2D eigenvalue weighted by molar-refractivity contribution is 6.01. The third-order valence-electron chi connectivity index (χ3n) is 9.44. The lowest BCUT2D eigenvalue weighted by Gasteiger charge is -2.18. The fourth-order valence-corrected chi connectivity index (χ4v) is 6.93. The van der Waals surface area contributed by atoms with Gasteiger partial charge in [-0.25, -0.2) is 0 Å². The number of benzene rings is 5. The number of para-hydroxylation sites is 2. The molecule has 4 nitrogen and oxygen atoms in total. The van der Waals surface area contributed by atoms with Crippen LogP contribution in [0, 0.1) is 0 Å². The fourth-order valence-electron chi connectivity index (χ4n) is 6.93. The van der Waals surface area contributed by atoms with E-state index in [1.54, 1.807) is 0 Å². The molecular formula is C44H37N3O. The Bertz CT molecular complexity index is 2220. The molecule has 1 aromatic heterocycles. The molecule has 2 aliphatic rings. The summed E-state index contributed by atoms with van der Waals surface area (Å²) < 4.78 is 6.50. The number of nitrogens with one attached hydrogen (secondary N) is 1. The van der Waals surface area contributed by atoms with Crippen LogP contribution >= 0.6 is 0 Å². The Kier molecular flexibility index (Phi) is 8.05. The zero-order valence-corrected chi connectivity index (χ0v) is 26.8. The predicted octanol–water partition coefficient (Wildman–Crippen LogP) is 11.3. The van der Waals surface area contributed by atoms with Gasteiger partial charge in [-0.2, -0.15) is 0 Å². The standard InChI is InChI=1S/C44H37N3O/c45-40-20-9-7-17-39(40)43(33-24-22-32(23-25-33)30-12-3-1-4-13-30)47-29-46-41-28-34(31-14-5-2-6-15-31)26-27-35(41)37-18-11-19-38-36-16-8-10-21-42(36)48-44(37)38/h1-3,5-7,9-12,14-15,17-29,43H,4,8,13,16,45H2,(H,46,47). The van der Waals surface area contributed by atoms with Crippen molar-refractivity contribution in [1.29, 1.82) is 0 Å². The Hall–Kier alpha value is -5.87. The number of nitrogen functional groups attached to an aromatic ring is 1. The molecule has 1 heterocycles. The van der Waals surface area contributed by atoms with E-state index in [1.807, 2.05) is 30.6 Å². The molecule has 0 saturated heterocycles. The van der Waals surface area contributed by atoms with Gasteiger partial charge in [0.1, 0.15) is 17.4 Å². The number of fused-ring (bicyclic) bond motifs is 3. The van der Waals surface area contributed by atoms with Crippen LogP contribution in [0.1, 0.15) is 53.3 Å². The maximum atomic E-state index is 6.54. The van der Waals surface area contributed by atoms with E-state index in [1.165, 1.54) is 22.1 Å². The summed E-state index contributed by atoms with van der Waals surface area (Å²) in [7, 11) is 0. The second kappa shape index (κ2) is 13.1.